The summed E-state index contributed by atoms with van der Waals surface area (Å²) in [5, 5.41) is 13.8. The summed E-state index contributed by atoms with van der Waals surface area (Å²) in [6.45, 7) is 4.57. The van der Waals surface area contributed by atoms with Crippen LogP contribution in [0.2, 0.25) is 0 Å². The van der Waals surface area contributed by atoms with Crippen molar-refractivity contribution in [3.63, 3.8) is 0 Å². The van der Waals surface area contributed by atoms with Gasteiger partial charge in [0.15, 0.2) is 0 Å². The fourth-order valence-electron chi connectivity index (χ4n) is 7.97. The maximum absolute atomic E-state index is 12.9. The predicted molar refractivity (Wildman–Crippen MR) is 272 cm³/mol. The van der Waals surface area contributed by atoms with Crippen LogP contribution in [0.5, 0.6) is 0 Å². The minimum atomic E-state index is -4.34. The standard InChI is InChI=1S/C54H105N2O6P/c1-6-8-10-12-14-16-17-18-19-20-21-22-23-24-25-26-27-28-29-30-31-32-33-34-35-36-37-38-40-42-44-46-48-54(58)55-52(51-62-63(59,60)61-50-49-56(3,4)5)53(57)47-45-43-41-39-15-13-11-9-7-2/h7,9,15,39,45,47,52-53,57H,6,8,10-14,16-38,40-44,46,48-51H2,1-5H3,(H-,55,58,59,60)/p+1/b9-7+,39-15+,47-45+. The van der Waals surface area contributed by atoms with Gasteiger partial charge in [0.05, 0.1) is 39.9 Å². The van der Waals surface area contributed by atoms with Gasteiger partial charge in [0.25, 0.3) is 0 Å². The summed E-state index contributed by atoms with van der Waals surface area (Å²) >= 11 is 0. The second-order valence-corrected chi connectivity index (χ2v) is 21.1. The maximum atomic E-state index is 12.9. The Morgan fingerprint density at radius 2 is 0.905 bits per heavy atom. The van der Waals surface area contributed by atoms with Gasteiger partial charge in [-0.25, -0.2) is 4.57 Å². The SMILES string of the molecule is C/C=C/CC/C=C/CC/C=C/C(O)C(COP(=O)(O)OCC[N+](C)(C)C)NC(=O)CCCCCCCCCCCCCCCCCCCCCCCCCCCCCCCCCC. The molecule has 8 nitrogen and oxygen atoms in total. The molecule has 63 heavy (non-hydrogen) atoms. The zero-order valence-corrected chi connectivity index (χ0v) is 43.2. The summed E-state index contributed by atoms with van der Waals surface area (Å²) in [6.07, 6.45) is 58.7. The number of phosphoric ester groups is 1. The molecule has 0 aliphatic rings. The van der Waals surface area contributed by atoms with Gasteiger partial charge in [-0.3, -0.25) is 13.8 Å². The van der Waals surface area contributed by atoms with Gasteiger partial charge >= 0.3 is 7.82 Å². The molecule has 372 valence electrons. The van der Waals surface area contributed by atoms with E-state index in [9.17, 15) is 19.4 Å². The number of carbonyl (C=O) groups excluding carboxylic acids is 1. The third-order valence-electron chi connectivity index (χ3n) is 12.2. The smallest absolute Gasteiger partial charge is 0.387 e. The van der Waals surface area contributed by atoms with Crippen LogP contribution in [-0.4, -0.2) is 73.4 Å². The molecule has 0 saturated heterocycles. The second kappa shape index (κ2) is 45.9. The molecule has 0 heterocycles. The average Bonchev–Trinajstić information content (AvgIpc) is 3.24. The molecule has 3 atom stereocenters. The first kappa shape index (κ1) is 61.7. The van der Waals surface area contributed by atoms with Crippen LogP contribution in [0.1, 0.15) is 251 Å². The van der Waals surface area contributed by atoms with Crippen molar-refractivity contribution in [2.75, 3.05) is 40.9 Å². The highest BCUT2D eigenvalue weighted by Gasteiger charge is 2.27. The number of aliphatic hydroxyl groups excluding tert-OH is 1. The van der Waals surface area contributed by atoms with Crippen molar-refractivity contribution < 1.29 is 32.9 Å². The fourth-order valence-corrected chi connectivity index (χ4v) is 8.70. The Bertz CT molecular complexity index is 1120. The molecule has 0 bridgehead atoms. The zero-order valence-electron chi connectivity index (χ0n) is 42.3. The predicted octanol–water partition coefficient (Wildman–Crippen LogP) is 15.8. The van der Waals surface area contributed by atoms with Crippen LogP contribution < -0.4 is 5.32 Å². The summed E-state index contributed by atoms with van der Waals surface area (Å²) in [5.41, 5.74) is 0. The Hall–Kier alpha value is -1.28. The van der Waals surface area contributed by atoms with Gasteiger partial charge in [-0.15, -0.1) is 0 Å². The molecule has 0 fully saturated rings. The van der Waals surface area contributed by atoms with Gasteiger partial charge in [0, 0.05) is 6.42 Å². The van der Waals surface area contributed by atoms with Crippen LogP contribution in [-0.2, 0) is 18.4 Å². The molecule has 0 aliphatic heterocycles. The summed E-state index contributed by atoms with van der Waals surface area (Å²) in [4.78, 5) is 23.1. The number of rotatable bonds is 49. The summed E-state index contributed by atoms with van der Waals surface area (Å²) in [7, 11) is 1.55. The number of likely N-dealkylation sites (N-methyl/N-ethyl adjacent to an activating group) is 1. The quantitative estimate of drug-likeness (QED) is 0.0243. The monoisotopic (exact) mass is 910 g/mol. The van der Waals surface area contributed by atoms with Gasteiger partial charge in [-0.1, -0.05) is 242 Å². The number of amides is 1. The van der Waals surface area contributed by atoms with Gasteiger partial charge in [0.1, 0.15) is 13.2 Å². The average molecular weight is 910 g/mol. The summed E-state index contributed by atoms with van der Waals surface area (Å²) in [6, 6.07) is -0.865. The maximum Gasteiger partial charge on any atom is 0.472 e. The van der Waals surface area contributed by atoms with Gasteiger partial charge in [-0.2, -0.15) is 0 Å². The molecule has 1 amide bonds. The highest BCUT2D eigenvalue weighted by Crippen LogP contribution is 2.43. The van der Waals surface area contributed by atoms with Crippen molar-refractivity contribution in [3.05, 3.63) is 36.5 Å². The first-order valence-electron chi connectivity index (χ1n) is 26.8. The van der Waals surface area contributed by atoms with E-state index in [1.807, 2.05) is 34.1 Å². The van der Waals surface area contributed by atoms with Crippen molar-refractivity contribution in [2.45, 2.75) is 264 Å². The lowest BCUT2D eigenvalue weighted by molar-refractivity contribution is -0.870. The van der Waals surface area contributed by atoms with Gasteiger partial charge < -0.3 is 19.8 Å². The number of unbranched alkanes of at least 4 members (excludes halogenated alkanes) is 33. The number of hydrogen-bond donors (Lipinski definition) is 3. The van der Waals surface area contributed by atoms with Crippen molar-refractivity contribution in [1.82, 2.24) is 5.32 Å². The molecule has 0 saturated carbocycles. The van der Waals surface area contributed by atoms with E-state index in [1.54, 1.807) is 6.08 Å². The molecule has 3 N–H and O–H groups in total. The number of nitrogens with zero attached hydrogens (tertiary/aromatic N) is 1. The molecule has 0 aromatic rings. The molecule has 0 radical (unpaired) electrons. The Kier molecular flexibility index (Phi) is 44.9. The highest BCUT2D eigenvalue weighted by atomic mass is 31.2. The van der Waals surface area contributed by atoms with Gasteiger partial charge in [-0.05, 0) is 39.0 Å². The summed E-state index contributed by atoms with van der Waals surface area (Å²) < 4.78 is 23.5. The summed E-state index contributed by atoms with van der Waals surface area (Å²) in [5.74, 6) is -0.190. The van der Waals surface area contributed by atoms with E-state index in [0.29, 0.717) is 17.4 Å². The zero-order chi connectivity index (χ0) is 46.4. The molecule has 3 unspecified atom stereocenters. The lowest BCUT2D eigenvalue weighted by Crippen LogP contribution is -2.45. The van der Waals surface area contributed by atoms with E-state index in [-0.39, 0.29) is 19.1 Å². The van der Waals surface area contributed by atoms with Crippen LogP contribution >= 0.6 is 7.82 Å². The first-order chi connectivity index (χ1) is 30.5. The Morgan fingerprint density at radius 3 is 1.27 bits per heavy atom. The lowest BCUT2D eigenvalue weighted by atomic mass is 10.0. The van der Waals surface area contributed by atoms with Crippen molar-refractivity contribution in [2.24, 2.45) is 0 Å². The van der Waals surface area contributed by atoms with E-state index >= 15 is 0 Å². The highest BCUT2D eigenvalue weighted by molar-refractivity contribution is 7.47. The van der Waals surface area contributed by atoms with Crippen LogP contribution in [0.4, 0.5) is 0 Å². The largest absolute Gasteiger partial charge is 0.472 e. The van der Waals surface area contributed by atoms with E-state index in [2.05, 4.69) is 36.5 Å². The Labute approximate surface area is 391 Å². The molecule has 0 aromatic heterocycles. The number of allylic oxidation sites excluding steroid dienone is 5. The molecule has 0 rings (SSSR count). The molecular weight excluding hydrogens is 804 g/mol. The van der Waals surface area contributed by atoms with E-state index in [1.165, 1.54) is 186 Å². The molecular formula is C54H106N2O6P+. The second-order valence-electron chi connectivity index (χ2n) is 19.6. The normalized spacial score (nSPS) is 14.3. The minimum Gasteiger partial charge on any atom is -0.387 e. The third-order valence-corrected chi connectivity index (χ3v) is 13.2. The van der Waals surface area contributed by atoms with Crippen LogP contribution in [0.15, 0.2) is 36.5 Å². The number of aliphatic hydroxyl groups is 1. The van der Waals surface area contributed by atoms with E-state index in [4.69, 9.17) is 9.05 Å². The first-order valence-corrected chi connectivity index (χ1v) is 28.3. The van der Waals surface area contributed by atoms with E-state index < -0.39 is 20.0 Å². The van der Waals surface area contributed by atoms with Crippen molar-refractivity contribution in [1.29, 1.82) is 0 Å². The topological polar surface area (TPSA) is 105 Å². The van der Waals surface area contributed by atoms with Crippen LogP contribution in [0, 0.1) is 0 Å². The van der Waals surface area contributed by atoms with Gasteiger partial charge in [0.2, 0.25) is 5.91 Å². The Morgan fingerprint density at radius 1 is 0.556 bits per heavy atom. The molecule has 0 aromatic carbocycles. The molecule has 9 heteroatoms. The fraction of sp³-hybridized carbons (Fsp3) is 0.870. The number of hydrogen-bond acceptors (Lipinski definition) is 5. The number of phosphoric acid groups is 1. The minimum absolute atomic E-state index is 0.0543. The number of quaternary nitrogens is 1. The Balaban J connectivity index is 3.91. The molecule has 0 aliphatic carbocycles. The third kappa shape index (κ3) is 48.5. The van der Waals surface area contributed by atoms with Crippen LogP contribution in [0.3, 0.4) is 0 Å². The van der Waals surface area contributed by atoms with Crippen molar-refractivity contribution >= 4 is 13.7 Å². The van der Waals surface area contributed by atoms with Crippen LogP contribution in [0.25, 0.3) is 0 Å². The van der Waals surface area contributed by atoms with Crippen molar-refractivity contribution in [3.8, 4) is 0 Å². The number of carbonyl (C=O) groups is 1. The lowest BCUT2D eigenvalue weighted by Gasteiger charge is -2.25. The van der Waals surface area contributed by atoms with E-state index in [0.717, 1.165) is 44.9 Å². The molecule has 0 spiro atoms. The number of nitrogens with one attached hydrogen (secondary N) is 1.